The highest BCUT2D eigenvalue weighted by atomic mass is 32.2. The number of benzene rings is 2. The van der Waals surface area contributed by atoms with Crippen LogP contribution < -0.4 is 10.2 Å². The van der Waals surface area contributed by atoms with Crippen molar-refractivity contribution in [1.82, 2.24) is 4.90 Å². The van der Waals surface area contributed by atoms with Crippen LogP contribution in [0.2, 0.25) is 0 Å². The third-order valence-electron chi connectivity index (χ3n) is 4.94. The van der Waals surface area contributed by atoms with Gasteiger partial charge in [-0.2, -0.15) is 0 Å². The molecule has 3 rings (SSSR count). The lowest BCUT2D eigenvalue weighted by Crippen LogP contribution is -2.44. The van der Waals surface area contributed by atoms with Crippen molar-refractivity contribution in [2.45, 2.75) is 11.8 Å². The van der Waals surface area contributed by atoms with Gasteiger partial charge in [-0.15, -0.1) is 11.8 Å². The van der Waals surface area contributed by atoms with Crippen molar-refractivity contribution in [2.75, 3.05) is 49.7 Å². The number of aryl methyl sites for hydroxylation is 1. The topological polar surface area (TPSA) is 78.7 Å². The molecule has 0 saturated carbocycles. The number of hydrogen-bond donors (Lipinski definition) is 1. The molecule has 1 N–H and O–H groups in total. The first-order chi connectivity index (χ1) is 13.4. The molecule has 1 aliphatic rings. The Bertz CT molecular complexity index is 895. The van der Waals surface area contributed by atoms with Gasteiger partial charge in [-0.1, -0.05) is 0 Å². The molecule has 2 aromatic carbocycles. The van der Waals surface area contributed by atoms with Crippen molar-refractivity contribution in [3.63, 3.8) is 0 Å². The summed E-state index contributed by atoms with van der Waals surface area (Å²) in [5.41, 5.74) is 2.72. The lowest BCUT2D eigenvalue weighted by molar-refractivity contribution is -0.385. The fraction of sp³-hybridized carbons (Fsp3) is 0.350. The molecular weight excluding hydrogens is 376 g/mol. The molecule has 1 saturated heterocycles. The first kappa shape index (κ1) is 20.2. The van der Waals surface area contributed by atoms with Crippen molar-refractivity contribution in [1.29, 1.82) is 0 Å². The molecule has 1 aliphatic heterocycles. The number of likely N-dealkylation sites (N-methyl/N-ethyl adjacent to an activating group) is 1. The molecule has 1 fully saturated rings. The highest BCUT2D eigenvalue weighted by Gasteiger charge is 2.21. The molecule has 0 unspecified atom stereocenters. The summed E-state index contributed by atoms with van der Waals surface area (Å²) in [6.07, 6.45) is 1.86. The molecule has 0 spiro atoms. The van der Waals surface area contributed by atoms with E-state index < -0.39 is 10.8 Å². The second-order valence-electron chi connectivity index (χ2n) is 6.89. The van der Waals surface area contributed by atoms with Gasteiger partial charge in [0.25, 0.3) is 11.6 Å². The van der Waals surface area contributed by atoms with Crippen LogP contribution in [0.5, 0.6) is 0 Å². The van der Waals surface area contributed by atoms with Crippen molar-refractivity contribution in [2.24, 2.45) is 0 Å². The number of anilines is 2. The Labute approximate surface area is 168 Å². The maximum atomic E-state index is 12.7. The first-order valence-electron chi connectivity index (χ1n) is 9.07. The summed E-state index contributed by atoms with van der Waals surface area (Å²) in [6, 6.07) is 10.3. The van der Waals surface area contributed by atoms with Crippen molar-refractivity contribution in [3.05, 3.63) is 57.6 Å². The normalized spacial score (nSPS) is 14.8. The second-order valence-corrected chi connectivity index (χ2v) is 7.77. The molecule has 0 bridgehead atoms. The zero-order valence-corrected chi connectivity index (χ0v) is 17.1. The maximum Gasteiger partial charge on any atom is 0.282 e. The van der Waals surface area contributed by atoms with Gasteiger partial charge in [0.15, 0.2) is 0 Å². The van der Waals surface area contributed by atoms with Crippen LogP contribution >= 0.6 is 11.8 Å². The number of nitro benzene ring substituents is 1. The smallest absolute Gasteiger partial charge is 0.282 e. The third kappa shape index (κ3) is 4.45. The second kappa shape index (κ2) is 8.62. The van der Waals surface area contributed by atoms with Crippen molar-refractivity contribution >= 4 is 34.7 Å². The molecule has 8 heteroatoms. The van der Waals surface area contributed by atoms with Gasteiger partial charge in [-0.05, 0) is 56.1 Å². The van der Waals surface area contributed by atoms with Gasteiger partial charge in [0.2, 0.25) is 0 Å². The number of nitro groups is 1. The third-order valence-corrected chi connectivity index (χ3v) is 5.67. The summed E-state index contributed by atoms with van der Waals surface area (Å²) >= 11 is 1.44. The van der Waals surface area contributed by atoms with Crippen LogP contribution in [0.3, 0.4) is 0 Å². The fourth-order valence-corrected chi connectivity index (χ4v) is 3.76. The molecule has 28 heavy (non-hydrogen) atoms. The summed E-state index contributed by atoms with van der Waals surface area (Å²) in [4.78, 5) is 28.9. The average molecular weight is 401 g/mol. The predicted molar refractivity (Wildman–Crippen MR) is 114 cm³/mol. The molecule has 148 valence electrons. The van der Waals surface area contributed by atoms with Crippen LogP contribution in [0.15, 0.2) is 41.3 Å². The molecule has 0 aromatic heterocycles. The van der Waals surface area contributed by atoms with E-state index in [9.17, 15) is 14.9 Å². The Hall–Kier alpha value is -2.58. The number of nitrogens with zero attached hydrogens (tertiary/aromatic N) is 3. The van der Waals surface area contributed by atoms with Crippen LogP contribution in [0.1, 0.15) is 15.9 Å². The Morgan fingerprint density at radius 3 is 2.46 bits per heavy atom. The molecule has 0 radical (unpaired) electrons. The van der Waals surface area contributed by atoms with Crippen LogP contribution in [0, 0.1) is 17.0 Å². The summed E-state index contributed by atoms with van der Waals surface area (Å²) in [5, 5.41) is 14.1. The van der Waals surface area contributed by atoms with E-state index in [-0.39, 0.29) is 11.3 Å². The van der Waals surface area contributed by atoms with Gasteiger partial charge < -0.3 is 15.1 Å². The quantitative estimate of drug-likeness (QED) is 0.469. The number of piperazine rings is 1. The fourth-order valence-electron chi connectivity index (χ4n) is 3.32. The minimum atomic E-state index is -0.527. The highest BCUT2D eigenvalue weighted by molar-refractivity contribution is 7.98. The molecule has 2 aromatic rings. The van der Waals surface area contributed by atoms with Crippen molar-refractivity contribution in [3.8, 4) is 0 Å². The Kier molecular flexibility index (Phi) is 6.21. The molecular formula is C20H24N4O3S. The van der Waals surface area contributed by atoms with Gasteiger partial charge in [0.05, 0.1) is 4.92 Å². The lowest BCUT2D eigenvalue weighted by Gasteiger charge is -2.35. The van der Waals surface area contributed by atoms with Crippen LogP contribution in [-0.2, 0) is 0 Å². The number of amides is 1. The van der Waals surface area contributed by atoms with E-state index in [1.807, 2.05) is 31.4 Å². The first-order valence-corrected chi connectivity index (χ1v) is 10.3. The van der Waals surface area contributed by atoms with E-state index in [2.05, 4.69) is 22.2 Å². The molecule has 0 atom stereocenters. The largest absolute Gasteiger partial charge is 0.369 e. The standard InChI is InChI=1S/C20H24N4O3S/c1-14-12-15(4-6-18(14)23-10-8-22(2)9-11-23)21-20(25)17-13-16(28-3)5-7-19(17)24(26)27/h4-7,12-13H,8-11H2,1-3H3,(H,21,25). The number of hydrogen-bond acceptors (Lipinski definition) is 6. The number of rotatable bonds is 5. The lowest BCUT2D eigenvalue weighted by atomic mass is 10.1. The maximum absolute atomic E-state index is 12.7. The zero-order chi connectivity index (χ0) is 20.3. The van der Waals surface area contributed by atoms with E-state index in [1.165, 1.54) is 17.8 Å². The molecule has 1 amide bonds. The van der Waals surface area contributed by atoms with Crippen LogP contribution in [0.4, 0.5) is 17.1 Å². The summed E-state index contributed by atoms with van der Waals surface area (Å²) in [6.45, 7) is 5.99. The number of thioether (sulfide) groups is 1. The van der Waals surface area contributed by atoms with Crippen molar-refractivity contribution < 1.29 is 9.72 Å². The highest BCUT2D eigenvalue weighted by Crippen LogP contribution is 2.28. The minimum absolute atomic E-state index is 0.0673. The Morgan fingerprint density at radius 2 is 1.86 bits per heavy atom. The molecule has 7 nitrogen and oxygen atoms in total. The van der Waals surface area contributed by atoms with Gasteiger partial charge in [0.1, 0.15) is 5.56 Å². The minimum Gasteiger partial charge on any atom is -0.369 e. The monoisotopic (exact) mass is 400 g/mol. The summed E-state index contributed by atoms with van der Waals surface area (Å²) in [7, 11) is 2.12. The van der Waals surface area contributed by atoms with E-state index >= 15 is 0 Å². The van der Waals surface area contributed by atoms with E-state index in [0.29, 0.717) is 5.69 Å². The molecule has 0 aliphatic carbocycles. The summed E-state index contributed by atoms with van der Waals surface area (Å²) in [5.74, 6) is -0.477. The Morgan fingerprint density at radius 1 is 1.14 bits per heavy atom. The zero-order valence-electron chi connectivity index (χ0n) is 16.3. The van der Waals surface area contributed by atoms with Gasteiger partial charge >= 0.3 is 0 Å². The van der Waals surface area contributed by atoms with Crippen LogP contribution in [0.25, 0.3) is 0 Å². The number of nitrogens with one attached hydrogen (secondary N) is 1. The van der Waals surface area contributed by atoms with E-state index in [1.54, 1.807) is 12.1 Å². The summed E-state index contributed by atoms with van der Waals surface area (Å²) < 4.78 is 0. The SMILES string of the molecule is CSc1ccc([N+](=O)[O-])c(C(=O)Nc2ccc(N3CCN(C)CC3)c(C)c2)c1. The van der Waals surface area contributed by atoms with E-state index in [4.69, 9.17) is 0 Å². The average Bonchev–Trinajstić information content (AvgIpc) is 2.68. The van der Waals surface area contributed by atoms with Gasteiger partial charge in [-0.25, -0.2) is 0 Å². The van der Waals surface area contributed by atoms with Gasteiger partial charge in [-0.3, -0.25) is 14.9 Å². The van der Waals surface area contributed by atoms with Gasteiger partial charge in [0, 0.05) is 48.5 Å². The van der Waals surface area contributed by atoms with E-state index in [0.717, 1.165) is 42.3 Å². The predicted octanol–water partition coefficient (Wildman–Crippen LogP) is 3.63. The molecule has 1 heterocycles. The Balaban J connectivity index is 1.80. The van der Waals surface area contributed by atoms with Crippen LogP contribution in [-0.4, -0.2) is 55.2 Å². The number of carbonyl (C=O) groups is 1. The number of carbonyl (C=O) groups excluding carboxylic acids is 1.